The van der Waals surface area contributed by atoms with E-state index in [9.17, 15) is 4.79 Å². The van der Waals surface area contributed by atoms with Crippen molar-refractivity contribution in [2.24, 2.45) is 5.41 Å². The van der Waals surface area contributed by atoms with Gasteiger partial charge in [-0.05, 0) is 41.8 Å². The van der Waals surface area contributed by atoms with Crippen molar-refractivity contribution in [3.8, 4) is 22.6 Å². The maximum absolute atomic E-state index is 12.3. The molecule has 0 spiro atoms. The maximum atomic E-state index is 12.3. The highest BCUT2D eigenvalue weighted by atomic mass is 16.1. The van der Waals surface area contributed by atoms with Gasteiger partial charge in [-0.3, -0.25) is 14.9 Å². The predicted octanol–water partition coefficient (Wildman–Crippen LogP) is 4.94. The molecule has 160 valence electrons. The van der Waals surface area contributed by atoms with E-state index < -0.39 is 0 Å². The molecule has 5 aromatic rings. The van der Waals surface area contributed by atoms with Crippen LogP contribution < -0.4 is 5.32 Å². The molecule has 1 amide bonds. The molecule has 0 bridgehead atoms. The Morgan fingerprint density at radius 3 is 2.81 bits per heavy atom. The number of hydrogen-bond donors (Lipinski definition) is 3. The summed E-state index contributed by atoms with van der Waals surface area (Å²) in [5.41, 5.74) is 6.06. The van der Waals surface area contributed by atoms with E-state index in [-0.39, 0.29) is 11.3 Å². The van der Waals surface area contributed by atoms with E-state index in [2.05, 4.69) is 30.5 Å². The lowest BCUT2D eigenvalue weighted by molar-refractivity contribution is -0.117. The van der Waals surface area contributed by atoms with Crippen LogP contribution in [-0.4, -0.2) is 36.0 Å². The number of H-pyrrole nitrogens is 2. The largest absolute Gasteiger partial charge is 0.338 e. The van der Waals surface area contributed by atoms with E-state index in [1.807, 2.05) is 57.2 Å². The van der Waals surface area contributed by atoms with Crippen LogP contribution in [0.2, 0.25) is 0 Å². The highest BCUT2D eigenvalue weighted by Gasteiger charge is 2.17. The summed E-state index contributed by atoms with van der Waals surface area (Å²) in [4.78, 5) is 29.1. The first-order chi connectivity index (χ1) is 15.4. The lowest BCUT2D eigenvalue weighted by Crippen LogP contribution is -2.19. The van der Waals surface area contributed by atoms with Crippen molar-refractivity contribution in [1.82, 2.24) is 30.1 Å². The van der Waals surface area contributed by atoms with E-state index >= 15 is 0 Å². The SMILES string of the molecule is CC(C)(C)CC(=O)Nc1cncc(-c2ccc3[nH]nc(-c4cc5cccnc5[nH]4)c3n2)c1. The van der Waals surface area contributed by atoms with Crippen LogP contribution in [0.3, 0.4) is 0 Å². The fourth-order valence-electron chi connectivity index (χ4n) is 3.67. The van der Waals surface area contributed by atoms with Gasteiger partial charge in [0, 0.05) is 29.8 Å². The zero-order valence-corrected chi connectivity index (χ0v) is 18.1. The number of nitrogens with zero attached hydrogens (tertiary/aromatic N) is 4. The molecule has 0 aliphatic rings. The van der Waals surface area contributed by atoms with Gasteiger partial charge in [0.2, 0.25) is 5.91 Å². The number of nitrogens with one attached hydrogen (secondary N) is 3. The topological polar surface area (TPSA) is 112 Å². The Morgan fingerprint density at radius 1 is 1.12 bits per heavy atom. The van der Waals surface area contributed by atoms with E-state index in [0.29, 0.717) is 12.1 Å². The molecule has 0 aliphatic heterocycles. The molecule has 0 saturated heterocycles. The Morgan fingerprint density at radius 2 is 2.00 bits per heavy atom. The van der Waals surface area contributed by atoms with Crippen molar-refractivity contribution < 1.29 is 4.79 Å². The Hall–Kier alpha value is -4.07. The summed E-state index contributed by atoms with van der Waals surface area (Å²) in [5, 5.41) is 11.5. The molecule has 8 nitrogen and oxygen atoms in total. The monoisotopic (exact) mass is 425 g/mol. The molecule has 0 aliphatic carbocycles. The second-order valence-electron chi connectivity index (χ2n) is 9.04. The molecule has 0 saturated carbocycles. The molecule has 0 atom stereocenters. The van der Waals surface area contributed by atoms with Gasteiger partial charge in [-0.15, -0.1) is 0 Å². The molecule has 0 unspecified atom stereocenters. The van der Waals surface area contributed by atoms with Gasteiger partial charge in [0.25, 0.3) is 0 Å². The summed E-state index contributed by atoms with van der Waals surface area (Å²) in [6, 6.07) is 11.7. The Bertz CT molecular complexity index is 1410. The van der Waals surface area contributed by atoms with Gasteiger partial charge in [-0.1, -0.05) is 20.8 Å². The summed E-state index contributed by atoms with van der Waals surface area (Å²) in [7, 11) is 0. The van der Waals surface area contributed by atoms with Gasteiger partial charge in [0.1, 0.15) is 16.9 Å². The Kier molecular flexibility index (Phi) is 4.70. The second-order valence-corrected chi connectivity index (χ2v) is 9.04. The van der Waals surface area contributed by atoms with Crippen molar-refractivity contribution in [2.45, 2.75) is 27.2 Å². The molecular formula is C24H23N7O. The van der Waals surface area contributed by atoms with Crippen LogP contribution in [0.5, 0.6) is 0 Å². The summed E-state index contributed by atoms with van der Waals surface area (Å²) in [6.07, 6.45) is 5.56. The predicted molar refractivity (Wildman–Crippen MR) is 125 cm³/mol. The highest BCUT2D eigenvalue weighted by molar-refractivity contribution is 5.94. The van der Waals surface area contributed by atoms with Crippen molar-refractivity contribution >= 4 is 33.7 Å². The van der Waals surface area contributed by atoms with Crippen LogP contribution >= 0.6 is 0 Å². The molecule has 5 aromatic heterocycles. The van der Waals surface area contributed by atoms with Crippen molar-refractivity contribution in [3.05, 3.63) is 55.0 Å². The highest BCUT2D eigenvalue weighted by Crippen LogP contribution is 2.29. The summed E-state index contributed by atoms with van der Waals surface area (Å²) in [5.74, 6) is -0.0376. The summed E-state index contributed by atoms with van der Waals surface area (Å²) < 4.78 is 0. The van der Waals surface area contributed by atoms with Gasteiger partial charge < -0.3 is 10.3 Å². The molecule has 8 heteroatoms. The minimum absolute atomic E-state index is 0.0376. The van der Waals surface area contributed by atoms with Crippen LogP contribution in [0.25, 0.3) is 44.7 Å². The van der Waals surface area contributed by atoms with Crippen molar-refractivity contribution in [1.29, 1.82) is 0 Å². The molecule has 3 N–H and O–H groups in total. The molecule has 0 radical (unpaired) electrons. The lowest BCUT2D eigenvalue weighted by Gasteiger charge is -2.17. The normalized spacial score (nSPS) is 11.8. The molecule has 32 heavy (non-hydrogen) atoms. The molecule has 0 fully saturated rings. The van der Waals surface area contributed by atoms with Crippen LogP contribution in [0.4, 0.5) is 5.69 Å². The molecule has 5 rings (SSSR count). The first kappa shape index (κ1) is 19.9. The van der Waals surface area contributed by atoms with Gasteiger partial charge in [-0.25, -0.2) is 9.97 Å². The number of carbonyl (C=O) groups excluding carboxylic acids is 1. The number of rotatable bonds is 4. The van der Waals surface area contributed by atoms with Crippen LogP contribution in [-0.2, 0) is 4.79 Å². The number of fused-ring (bicyclic) bond motifs is 2. The smallest absolute Gasteiger partial charge is 0.224 e. The van der Waals surface area contributed by atoms with E-state index in [1.165, 1.54) is 0 Å². The van der Waals surface area contributed by atoms with E-state index in [0.717, 1.165) is 44.7 Å². The van der Waals surface area contributed by atoms with Crippen molar-refractivity contribution in [2.75, 3.05) is 5.32 Å². The number of carbonyl (C=O) groups is 1. The number of aromatic nitrogens is 6. The van der Waals surface area contributed by atoms with Crippen molar-refractivity contribution in [3.63, 3.8) is 0 Å². The maximum Gasteiger partial charge on any atom is 0.224 e. The number of anilines is 1. The second kappa shape index (κ2) is 7.56. The Labute approximate surface area is 184 Å². The third-order valence-corrected chi connectivity index (χ3v) is 5.06. The minimum Gasteiger partial charge on any atom is -0.338 e. The average Bonchev–Trinajstić information content (AvgIpc) is 3.35. The quantitative estimate of drug-likeness (QED) is 0.378. The van der Waals surface area contributed by atoms with Gasteiger partial charge in [-0.2, -0.15) is 5.10 Å². The number of pyridine rings is 3. The molecule has 0 aromatic carbocycles. The molecule has 5 heterocycles. The molecular weight excluding hydrogens is 402 g/mol. The van der Waals surface area contributed by atoms with Crippen LogP contribution in [0.15, 0.2) is 55.0 Å². The fraction of sp³-hybridized carbons (Fsp3) is 0.208. The van der Waals surface area contributed by atoms with Gasteiger partial charge in [0.15, 0.2) is 0 Å². The number of hydrogen-bond acceptors (Lipinski definition) is 5. The van der Waals surface area contributed by atoms with E-state index in [1.54, 1.807) is 18.6 Å². The third-order valence-electron chi connectivity index (χ3n) is 5.06. The number of aromatic amines is 2. The Balaban J connectivity index is 1.49. The zero-order valence-electron chi connectivity index (χ0n) is 18.1. The average molecular weight is 425 g/mol. The minimum atomic E-state index is -0.0858. The third kappa shape index (κ3) is 3.94. The number of amides is 1. The summed E-state index contributed by atoms with van der Waals surface area (Å²) in [6.45, 7) is 6.10. The first-order valence-electron chi connectivity index (χ1n) is 10.4. The van der Waals surface area contributed by atoms with Gasteiger partial charge >= 0.3 is 0 Å². The van der Waals surface area contributed by atoms with Crippen LogP contribution in [0.1, 0.15) is 27.2 Å². The lowest BCUT2D eigenvalue weighted by atomic mass is 9.92. The van der Waals surface area contributed by atoms with E-state index in [4.69, 9.17) is 4.98 Å². The van der Waals surface area contributed by atoms with Gasteiger partial charge in [0.05, 0.1) is 28.8 Å². The van der Waals surface area contributed by atoms with Crippen LogP contribution in [0, 0.1) is 5.41 Å². The summed E-state index contributed by atoms with van der Waals surface area (Å²) >= 11 is 0. The first-order valence-corrected chi connectivity index (χ1v) is 10.4. The standard InChI is InChI=1S/C24H23N7O/c1-24(2,3)11-20(32)27-16-9-15(12-25-13-16)17-6-7-18-21(28-17)22(31-30-18)19-10-14-5-4-8-26-23(14)29-19/h4-10,12-13H,11H2,1-3H3,(H,26,29)(H,27,32)(H,30,31). The zero-order chi connectivity index (χ0) is 22.3. The fourth-order valence-corrected chi connectivity index (χ4v) is 3.67.